The zero-order valence-electron chi connectivity index (χ0n) is 16.6. The summed E-state index contributed by atoms with van der Waals surface area (Å²) in [5.74, 6) is -0.913. The highest BCUT2D eigenvalue weighted by Crippen LogP contribution is 2.27. The molecule has 0 unspecified atom stereocenters. The molecule has 0 radical (unpaired) electrons. The van der Waals surface area contributed by atoms with Gasteiger partial charge in [0.1, 0.15) is 5.75 Å². The molecule has 0 aliphatic rings. The molecular formula is C20H17N3O8. The Labute approximate surface area is 175 Å². The molecule has 0 bridgehead atoms. The van der Waals surface area contributed by atoms with E-state index in [1.54, 1.807) is 24.3 Å². The zero-order chi connectivity index (χ0) is 22.4. The van der Waals surface area contributed by atoms with Crippen molar-refractivity contribution in [3.05, 3.63) is 69.6 Å². The van der Waals surface area contributed by atoms with Gasteiger partial charge in [0.15, 0.2) is 6.61 Å². The van der Waals surface area contributed by atoms with Crippen LogP contribution in [0.3, 0.4) is 0 Å². The zero-order valence-corrected chi connectivity index (χ0v) is 16.6. The molecule has 1 heterocycles. The Morgan fingerprint density at radius 3 is 2.52 bits per heavy atom. The predicted octanol–water partition coefficient (Wildman–Crippen LogP) is 3.19. The number of para-hydroxylation sites is 1. The third kappa shape index (κ3) is 5.01. The number of nitro groups is 1. The molecule has 11 heteroatoms. The van der Waals surface area contributed by atoms with Gasteiger partial charge in [-0.25, -0.2) is 9.59 Å². The van der Waals surface area contributed by atoms with Crippen molar-refractivity contribution in [2.45, 2.75) is 13.5 Å². The highest BCUT2D eigenvalue weighted by Gasteiger charge is 2.20. The molecule has 0 saturated carbocycles. The number of carbonyl (C=O) groups is 2. The standard InChI is InChI=1S/C20H17N3O8/c1-3-29-16-7-5-4-6-15(16)18-21-17(31-22-18)11-30-20(25)13-8-12(19(24)28-2)9-14(10-13)23(26)27/h4-10H,3,11H2,1-2H3. The van der Waals surface area contributed by atoms with Gasteiger partial charge >= 0.3 is 11.9 Å². The maximum atomic E-state index is 12.4. The fraction of sp³-hybridized carbons (Fsp3) is 0.200. The summed E-state index contributed by atoms with van der Waals surface area (Å²) < 4.78 is 20.3. The van der Waals surface area contributed by atoms with E-state index in [4.69, 9.17) is 14.0 Å². The Balaban J connectivity index is 1.76. The summed E-state index contributed by atoms with van der Waals surface area (Å²) in [6.45, 7) is 1.92. The van der Waals surface area contributed by atoms with Crippen LogP contribution in [0.25, 0.3) is 11.4 Å². The van der Waals surface area contributed by atoms with E-state index in [2.05, 4.69) is 14.9 Å². The highest BCUT2D eigenvalue weighted by molar-refractivity contribution is 5.96. The number of rotatable bonds is 8. The molecule has 0 N–H and O–H groups in total. The van der Waals surface area contributed by atoms with Gasteiger partial charge in [-0.1, -0.05) is 17.3 Å². The van der Waals surface area contributed by atoms with E-state index in [9.17, 15) is 19.7 Å². The van der Waals surface area contributed by atoms with Crippen molar-refractivity contribution in [3.63, 3.8) is 0 Å². The molecule has 31 heavy (non-hydrogen) atoms. The molecule has 0 fully saturated rings. The first-order chi connectivity index (χ1) is 14.9. The van der Waals surface area contributed by atoms with E-state index in [0.29, 0.717) is 17.9 Å². The first-order valence-electron chi connectivity index (χ1n) is 9.02. The van der Waals surface area contributed by atoms with Crippen LogP contribution < -0.4 is 4.74 Å². The van der Waals surface area contributed by atoms with Crippen LogP contribution in [0.15, 0.2) is 47.0 Å². The number of ether oxygens (including phenoxy) is 3. The topological polar surface area (TPSA) is 144 Å². The van der Waals surface area contributed by atoms with E-state index in [1.165, 1.54) is 0 Å². The molecular weight excluding hydrogens is 410 g/mol. The first-order valence-corrected chi connectivity index (χ1v) is 9.02. The average molecular weight is 427 g/mol. The van der Waals surface area contributed by atoms with Crippen LogP contribution in [-0.2, 0) is 16.1 Å². The molecule has 1 aromatic heterocycles. The molecule has 3 aromatic rings. The van der Waals surface area contributed by atoms with Crippen molar-refractivity contribution in [3.8, 4) is 17.1 Å². The minimum atomic E-state index is -0.914. The SMILES string of the molecule is CCOc1ccccc1-c1noc(COC(=O)c2cc(C(=O)OC)cc([N+](=O)[O-])c2)n1. The molecule has 0 atom stereocenters. The smallest absolute Gasteiger partial charge is 0.338 e. The first kappa shape index (κ1) is 21.4. The maximum Gasteiger partial charge on any atom is 0.338 e. The Kier molecular flexibility index (Phi) is 6.55. The number of nitrogens with zero attached hydrogens (tertiary/aromatic N) is 3. The van der Waals surface area contributed by atoms with Gasteiger partial charge in [0.05, 0.1) is 35.3 Å². The molecule has 2 aromatic carbocycles. The van der Waals surface area contributed by atoms with Crippen LogP contribution in [0.5, 0.6) is 5.75 Å². The van der Waals surface area contributed by atoms with Gasteiger partial charge in [0.25, 0.3) is 11.6 Å². The molecule has 3 rings (SSSR count). The lowest BCUT2D eigenvalue weighted by Crippen LogP contribution is -2.09. The number of esters is 2. The van der Waals surface area contributed by atoms with Gasteiger partial charge < -0.3 is 18.7 Å². The normalized spacial score (nSPS) is 10.4. The second kappa shape index (κ2) is 9.48. The van der Waals surface area contributed by atoms with Gasteiger partial charge in [0, 0.05) is 12.1 Å². The van der Waals surface area contributed by atoms with Crippen LogP contribution in [-0.4, -0.2) is 40.7 Å². The minimum absolute atomic E-state index is 0.00766. The van der Waals surface area contributed by atoms with E-state index < -0.39 is 22.5 Å². The van der Waals surface area contributed by atoms with Crippen LogP contribution >= 0.6 is 0 Å². The van der Waals surface area contributed by atoms with Crippen molar-refractivity contribution in [2.75, 3.05) is 13.7 Å². The Hall–Kier alpha value is -4.28. The van der Waals surface area contributed by atoms with Gasteiger partial charge in [0.2, 0.25) is 5.82 Å². The van der Waals surface area contributed by atoms with Crippen LogP contribution in [0.1, 0.15) is 33.5 Å². The quantitative estimate of drug-likeness (QED) is 0.298. The van der Waals surface area contributed by atoms with Crippen molar-refractivity contribution < 1.29 is 33.2 Å². The molecule has 0 aliphatic carbocycles. The molecule has 0 saturated heterocycles. The molecule has 11 nitrogen and oxygen atoms in total. The van der Waals surface area contributed by atoms with Crippen LogP contribution in [0.4, 0.5) is 5.69 Å². The van der Waals surface area contributed by atoms with Crippen molar-refractivity contribution in [1.29, 1.82) is 0 Å². The summed E-state index contributed by atoms with van der Waals surface area (Å²) in [6, 6.07) is 10.2. The highest BCUT2D eigenvalue weighted by atomic mass is 16.6. The molecule has 0 spiro atoms. The summed E-state index contributed by atoms with van der Waals surface area (Å²) in [7, 11) is 1.12. The fourth-order valence-corrected chi connectivity index (χ4v) is 2.64. The predicted molar refractivity (Wildman–Crippen MR) is 104 cm³/mol. The summed E-state index contributed by atoms with van der Waals surface area (Å²) in [6.07, 6.45) is 0. The van der Waals surface area contributed by atoms with Crippen molar-refractivity contribution in [2.24, 2.45) is 0 Å². The third-order valence-corrected chi connectivity index (χ3v) is 4.01. The Bertz CT molecular complexity index is 1130. The van der Waals surface area contributed by atoms with E-state index in [1.807, 2.05) is 6.92 Å². The number of aromatic nitrogens is 2. The summed E-state index contributed by atoms with van der Waals surface area (Å²) in [4.78, 5) is 38.6. The number of hydrogen-bond acceptors (Lipinski definition) is 10. The number of hydrogen-bond donors (Lipinski definition) is 0. The van der Waals surface area contributed by atoms with Crippen molar-refractivity contribution >= 4 is 17.6 Å². The lowest BCUT2D eigenvalue weighted by Gasteiger charge is -2.06. The molecule has 160 valence electrons. The minimum Gasteiger partial charge on any atom is -0.493 e. The van der Waals surface area contributed by atoms with Gasteiger partial charge in [-0.05, 0) is 25.1 Å². The lowest BCUT2D eigenvalue weighted by molar-refractivity contribution is -0.384. The second-order valence-corrected chi connectivity index (χ2v) is 6.03. The monoisotopic (exact) mass is 427 g/mol. The van der Waals surface area contributed by atoms with E-state index >= 15 is 0 Å². The number of nitro benzene ring substituents is 1. The van der Waals surface area contributed by atoms with Crippen LogP contribution in [0.2, 0.25) is 0 Å². The fourth-order valence-electron chi connectivity index (χ4n) is 2.64. The largest absolute Gasteiger partial charge is 0.493 e. The number of carbonyl (C=O) groups excluding carboxylic acids is 2. The number of benzene rings is 2. The maximum absolute atomic E-state index is 12.4. The van der Waals surface area contributed by atoms with E-state index in [-0.39, 0.29) is 29.4 Å². The summed E-state index contributed by atoms with van der Waals surface area (Å²) in [5.41, 5.74) is -0.207. The summed E-state index contributed by atoms with van der Waals surface area (Å²) in [5, 5.41) is 14.9. The molecule has 0 amide bonds. The Morgan fingerprint density at radius 1 is 1.13 bits per heavy atom. The lowest BCUT2D eigenvalue weighted by atomic mass is 10.1. The van der Waals surface area contributed by atoms with Gasteiger partial charge in [-0.2, -0.15) is 4.98 Å². The Morgan fingerprint density at radius 2 is 1.84 bits per heavy atom. The summed E-state index contributed by atoms with van der Waals surface area (Å²) >= 11 is 0. The van der Waals surface area contributed by atoms with E-state index in [0.717, 1.165) is 25.3 Å². The number of non-ortho nitro benzene ring substituents is 1. The molecule has 0 aliphatic heterocycles. The number of methoxy groups -OCH3 is 1. The van der Waals surface area contributed by atoms with Gasteiger partial charge in [-0.15, -0.1) is 0 Å². The van der Waals surface area contributed by atoms with Gasteiger partial charge in [-0.3, -0.25) is 10.1 Å². The van der Waals surface area contributed by atoms with Crippen LogP contribution in [0, 0.1) is 10.1 Å². The third-order valence-electron chi connectivity index (χ3n) is 4.01. The average Bonchev–Trinajstić information content (AvgIpc) is 3.26. The second-order valence-electron chi connectivity index (χ2n) is 6.03. The van der Waals surface area contributed by atoms with Crippen molar-refractivity contribution in [1.82, 2.24) is 10.1 Å².